The molecule has 0 aliphatic heterocycles. The molecule has 0 fully saturated rings. The Morgan fingerprint density at radius 2 is 2.14 bits per heavy atom. The number of fused-ring (bicyclic) bond motifs is 1. The smallest absolute Gasteiger partial charge is 0.406 e. The zero-order valence-electron chi connectivity index (χ0n) is 8.42. The molecule has 2 aromatic heterocycles. The topological polar surface area (TPSA) is 58.9 Å². The summed E-state index contributed by atoms with van der Waals surface area (Å²) in [6.45, 7) is 6.25. The maximum absolute atomic E-state index is 10.9. The van der Waals surface area contributed by atoms with Crippen molar-refractivity contribution >= 4 is 11.2 Å². The normalized spacial score (nSPS) is 12.2. The maximum atomic E-state index is 10.9. The van der Waals surface area contributed by atoms with Gasteiger partial charge < -0.3 is 4.42 Å². The number of aromatic nitrogens is 2. The lowest BCUT2D eigenvalue weighted by atomic mass is 9.88. The summed E-state index contributed by atoms with van der Waals surface area (Å²) in [4.78, 5) is 17.5. The zero-order valence-corrected chi connectivity index (χ0v) is 8.42. The monoisotopic (exact) mass is 192 g/mol. The van der Waals surface area contributed by atoms with Crippen molar-refractivity contribution in [2.24, 2.45) is 0 Å². The van der Waals surface area contributed by atoms with Crippen LogP contribution in [-0.2, 0) is 5.41 Å². The van der Waals surface area contributed by atoms with E-state index in [4.69, 9.17) is 4.42 Å². The van der Waals surface area contributed by atoms with Crippen LogP contribution >= 0.6 is 0 Å². The van der Waals surface area contributed by atoms with E-state index in [-0.39, 0.29) is 5.41 Å². The van der Waals surface area contributed by atoms with E-state index >= 15 is 0 Å². The molecule has 0 bridgehead atoms. The Kier molecular flexibility index (Phi) is 1.74. The van der Waals surface area contributed by atoms with Crippen molar-refractivity contribution in [2.45, 2.75) is 26.2 Å². The van der Waals surface area contributed by atoms with Crippen LogP contribution < -0.4 is 5.76 Å². The van der Waals surface area contributed by atoms with Gasteiger partial charge in [0, 0.05) is 6.20 Å². The molecule has 4 heteroatoms. The second-order valence-electron chi connectivity index (χ2n) is 4.34. The Bertz CT molecular complexity index is 517. The van der Waals surface area contributed by atoms with Gasteiger partial charge in [-0.15, -0.1) is 0 Å². The number of hydrogen-bond donors (Lipinski definition) is 1. The zero-order chi connectivity index (χ0) is 10.3. The predicted octanol–water partition coefficient (Wildman–Crippen LogP) is 1.81. The third kappa shape index (κ3) is 1.43. The number of nitrogens with one attached hydrogen (secondary N) is 1. The van der Waals surface area contributed by atoms with E-state index in [0.29, 0.717) is 11.2 Å². The van der Waals surface area contributed by atoms with Crippen molar-refractivity contribution in [2.75, 3.05) is 0 Å². The highest BCUT2D eigenvalue weighted by atomic mass is 16.4. The third-order valence-corrected chi connectivity index (χ3v) is 2.14. The van der Waals surface area contributed by atoms with Gasteiger partial charge in [-0.2, -0.15) is 0 Å². The van der Waals surface area contributed by atoms with Crippen LogP contribution in [0.25, 0.3) is 11.2 Å². The maximum Gasteiger partial charge on any atom is 0.418 e. The van der Waals surface area contributed by atoms with Gasteiger partial charge in [0.05, 0.1) is 0 Å². The van der Waals surface area contributed by atoms with E-state index < -0.39 is 5.76 Å². The molecular weight excluding hydrogens is 180 g/mol. The van der Waals surface area contributed by atoms with E-state index in [2.05, 4.69) is 30.7 Å². The molecule has 0 radical (unpaired) electrons. The first-order valence-corrected chi connectivity index (χ1v) is 4.46. The van der Waals surface area contributed by atoms with Gasteiger partial charge >= 0.3 is 5.76 Å². The molecule has 0 amide bonds. The van der Waals surface area contributed by atoms with Crippen molar-refractivity contribution < 1.29 is 4.42 Å². The molecule has 1 N–H and O–H groups in total. The fourth-order valence-corrected chi connectivity index (χ4v) is 1.25. The second-order valence-corrected chi connectivity index (χ2v) is 4.34. The summed E-state index contributed by atoms with van der Waals surface area (Å²) in [5.41, 5.74) is 2.08. The van der Waals surface area contributed by atoms with Gasteiger partial charge in [-0.05, 0) is 17.0 Å². The molecule has 0 atom stereocenters. The van der Waals surface area contributed by atoms with E-state index in [1.54, 1.807) is 6.20 Å². The molecule has 2 aromatic rings. The van der Waals surface area contributed by atoms with Crippen LogP contribution in [0.15, 0.2) is 21.5 Å². The highest BCUT2D eigenvalue weighted by molar-refractivity contribution is 5.67. The summed E-state index contributed by atoms with van der Waals surface area (Å²) in [5.74, 6) is -0.460. The predicted molar refractivity (Wildman–Crippen MR) is 53.3 cm³/mol. The van der Waals surface area contributed by atoms with Crippen LogP contribution in [0.4, 0.5) is 0 Å². The molecule has 4 nitrogen and oxygen atoms in total. The molecule has 0 spiro atoms. The Labute approximate surface area is 81.0 Å². The van der Waals surface area contributed by atoms with Gasteiger partial charge in [-0.3, -0.25) is 4.98 Å². The summed E-state index contributed by atoms with van der Waals surface area (Å²) in [7, 11) is 0. The first-order valence-electron chi connectivity index (χ1n) is 4.46. The number of rotatable bonds is 0. The largest absolute Gasteiger partial charge is 0.418 e. The van der Waals surface area contributed by atoms with Crippen LogP contribution in [0.3, 0.4) is 0 Å². The molecular formula is C10H12N2O2. The molecule has 0 saturated carbocycles. The Morgan fingerprint density at radius 3 is 2.79 bits per heavy atom. The van der Waals surface area contributed by atoms with Crippen LogP contribution in [0.5, 0.6) is 0 Å². The average molecular weight is 192 g/mol. The van der Waals surface area contributed by atoms with Crippen LogP contribution in [0, 0.1) is 0 Å². The molecule has 0 unspecified atom stereocenters. The summed E-state index contributed by atoms with van der Waals surface area (Å²) in [5, 5.41) is 0. The van der Waals surface area contributed by atoms with Crippen molar-refractivity contribution in [3.63, 3.8) is 0 Å². The Balaban J connectivity index is 2.67. The van der Waals surface area contributed by atoms with E-state index in [0.717, 1.165) is 5.56 Å². The molecule has 2 rings (SSSR count). The van der Waals surface area contributed by atoms with Crippen LogP contribution in [-0.4, -0.2) is 9.97 Å². The SMILES string of the molecule is CC(C)(C)c1cnc2[nH]c(=O)oc2c1. The van der Waals surface area contributed by atoms with Crippen LogP contribution in [0.2, 0.25) is 0 Å². The number of hydrogen-bond acceptors (Lipinski definition) is 3. The highest BCUT2D eigenvalue weighted by Crippen LogP contribution is 2.23. The lowest BCUT2D eigenvalue weighted by Gasteiger charge is -2.17. The quantitative estimate of drug-likeness (QED) is 0.692. The molecule has 2 heterocycles. The molecule has 74 valence electrons. The minimum atomic E-state index is -0.460. The number of oxazole rings is 1. The average Bonchev–Trinajstić information content (AvgIpc) is 2.41. The summed E-state index contributed by atoms with van der Waals surface area (Å²) >= 11 is 0. The molecule has 14 heavy (non-hydrogen) atoms. The third-order valence-electron chi connectivity index (χ3n) is 2.14. The van der Waals surface area contributed by atoms with E-state index in [1.807, 2.05) is 6.07 Å². The number of nitrogens with zero attached hydrogens (tertiary/aromatic N) is 1. The fraction of sp³-hybridized carbons (Fsp3) is 0.400. The minimum absolute atomic E-state index is 0.0109. The second kappa shape index (κ2) is 2.70. The first-order chi connectivity index (χ1) is 6.47. The van der Waals surface area contributed by atoms with Crippen molar-refractivity contribution in [3.05, 3.63) is 28.4 Å². The standard InChI is InChI=1S/C10H12N2O2/c1-10(2,3)6-4-7-8(11-5-6)12-9(13)14-7/h4-5H,1-3H3,(H,11,12,13). The summed E-state index contributed by atoms with van der Waals surface area (Å²) in [6.07, 6.45) is 1.76. The molecule has 0 aromatic carbocycles. The van der Waals surface area contributed by atoms with Crippen LogP contribution in [0.1, 0.15) is 26.3 Å². The van der Waals surface area contributed by atoms with E-state index in [1.165, 1.54) is 0 Å². The summed E-state index contributed by atoms with van der Waals surface area (Å²) < 4.78 is 4.93. The fourth-order valence-electron chi connectivity index (χ4n) is 1.25. The number of pyridine rings is 1. The van der Waals surface area contributed by atoms with Crippen molar-refractivity contribution in [1.29, 1.82) is 0 Å². The van der Waals surface area contributed by atoms with Gasteiger partial charge in [0.25, 0.3) is 0 Å². The number of aromatic amines is 1. The lowest BCUT2D eigenvalue weighted by molar-refractivity contribution is 0.550. The van der Waals surface area contributed by atoms with Gasteiger partial charge in [-0.1, -0.05) is 20.8 Å². The highest BCUT2D eigenvalue weighted by Gasteiger charge is 2.15. The molecule has 0 aliphatic rings. The van der Waals surface area contributed by atoms with Gasteiger partial charge in [-0.25, -0.2) is 9.78 Å². The van der Waals surface area contributed by atoms with E-state index in [9.17, 15) is 4.79 Å². The van der Waals surface area contributed by atoms with Gasteiger partial charge in [0.2, 0.25) is 0 Å². The molecule has 0 aliphatic carbocycles. The Morgan fingerprint density at radius 1 is 1.43 bits per heavy atom. The summed E-state index contributed by atoms with van der Waals surface area (Å²) in [6, 6.07) is 1.85. The lowest BCUT2D eigenvalue weighted by Crippen LogP contribution is -2.11. The van der Waals surface area contributed by atoms with Crippen molar-refractivity contribution in [3.8, 4) is 0 Å². The first kappa shape index (κ1) is 8.99. The minimum Gasteiger partial charge on any atom is -0.406 e. The van der Waals surface area contributed by atoms with Crippen molar-refractivity contribution in [1.82, 2.24) is 9.97 Å². The Hall–Kier alpha value is -1.58. The van der Waals surface area contributed by atoms with Gasteiger partial charge in [0.15, 0.2) is 11.2 Å². The number of H-pyrrole nitrogens is 1. The van der Waals surface area contributed by atoms with Gasteiger partial charge in [0.1, 0.15) is 0 Å². The molecule has 0 saturated heterocycles.